The van der Waals surface area contributed by atoms with Crippen LogP contribution in [0.3, 0.4) is 0 Å². The van der Waals surface area contributed by atoms with Gasteiger partial charge in [0, 0.05) is 12.3 Å². The summed E-state index contributed by atoms with van der Waals surface area (Å²) in [6, 6.07) is 1.25. The lowest BCUT2D eigenvalue weighted by atomic mass is 10.2. The lowest BCUT2D eigenvalue weighted by molar-refractivity contribution is -0.385. The van der Waals surface area contributed by atoms with Crippen LogP contribution in [-0.2, 0) is 9.53 Å². The molecule has 0 unspecified atom stereocenters. The highest BCUT2D eigenvalue weighted by Gasteiger charge is 2.20. The van der Waals surface area contributed by atoms with Crippen LogP contribution in [-0.4, -0.2) is 27.6 Å². The zero-order chi connectivity index (χ0) is 13.7. The molecule has 0 aliphatic heterocycles. The first-order valence-corrected chi connectivity index (χ1v) is 5.21. The van der Waals surface area contributed by atoms with E-state index in [9.17, 15) is 20.0 Å². The summed E-state index contributed by atoms with van der Waals surface area (Å²) >= 11 is 5.57. The molecule has 1 aromatic rings. The van der Waals surface area contributed by atoms with Gasteiger partial charge in [-0.2, -0.15) is 0 Å². The zero-order valence-corrected chi connectivity index (χ0v) is 10.0. The molecule has 0 radical (unpaired) electrons. The fourth-order valence-corrected chi connectivity index (χ4v) is 1.39. The van der Waals surface area contributed by atoms with E-state index in [-0.39, 0.29) is 17.3 Å². The second-order valence-corrected chi connectivity index (χ2v) is 3.40. The highest BCUT2D eigenvalue weighted by molar-refractivity contribution is 6.31. The molecule has 0 spiro atoms. The third-order valence-electron chi connectivity index (χ3n) is 1.87. The number of halogens is 1. The average molecular weight is 273 g/mol. The number of nitrogens with zero attached hydrogens (tertiary/aromatic N) is 2. The molecule has 0 bridgehead atoms. The number of ether oxygens (including phenoxy) is 1. The van der Waals surface area contributed by atoms with Gasteiger partial charge in [0.05, 0.1) is 17.1 Å². The van der Waals surface area contributed by atoms with Gasteiger partial charge in [-0.1, -0.05) is 11.6 Å². The van der Waals surface area contributed by atoms with Gasteiger partial charge in [-0.15, -0.1) is 0 Å². The summed E-state index contributed by atoms with van der Waals surface area (Å²) in [5, 5.41) is 19.8. The van der Waals surface area contributed by atoms with Crippen molar-refractivity contribution in [3.8, 4) is 0 Å². The SMILES string of the molecule is CCOC(=O)C(O)=Cc1ccnc(Cl)c1[N+](=O)[O-]. The molecule has 0 atom stereocenters. The summed E-state index contributed by atoms with van der Waals surface area (Å²) < 4.78 is 4.53. The van der Waals surface area contributed by atoms with Crippen molar-refractivity contribution < 1.29 is 19.6 Å². The van der Waals surface area contributed by atoms with Crippen molar-refractivity contribution >= 4 is 29.3 Å². The molecular formula is C10H9ClN2O5. The number of aliphatic hydroxyl groups excluding tert-OH is 1. The predicted molar refractivity (Wildman–Crippen MR) is 63.1 cm³/mol. The van der Waals surface area contributed by atoms with Crippen molar-refractivity contribution in [2.75, 3.05) is 6.61 Å². The Morgan fingerprint density at radius 3 is 2.94 bits per heavy atom. The molecule has 0 amide bonds. The minimum atomic E-state index is -0.972. The second-order valence-electron chi connectivity index (χ2n) is 3.05. The Balaban J connectivity index is 3.18. The Kier molecular flexibility index (Phi) is 4.61. The number of carbonyl (C=O) groups is 1. The normalized spacial score (nSPS) is 11.1. The molecule has 1 rings (SSSR count). The summed E-state index contributed by atoms with van der Waals surface area (Å²) in [6.45, 7) is 1.65. The largest absolute Gasteiger partial charge is 0.502 e. The first-order valence-electron chi connectivity index (χ1n) is 4.84. The number of aliphatic hydroxyl groups is 1. The number of hydrogen-bond donors (Lipinski definition) is 1. The van der Waals surface area contributed by atoms with Crippen molar-refractivity contribution in [2.45, 2.75) is 6.92 Å². The second kappa shape index (κ2) is 5.97. The van der Waals surface area contributed by atoms with E-state index < -0.39 is 22.3 Å². The summed E-state index contributed by atoms with van der Waals surface area (Å²) in [6.07, 6.45) is 2.13. The van der Waals surface area contributed by atoms with E-state index in [0.717, 1.165) is 6.08 Å². The first kappa shape index (κ1) is 13.9. The van der Waals surface area contributed by atoms with Crippen LogP contribution in [0.4, 0.5) is 5.69 Å². The molecule has 0 aliphatic rings. The van der Waals surface area contributed by atoms with Crippen LogP contribution in [0, 0.1) is 10.1 Å². The molecule has 0 fully saturated rings. The molecule has 96 valence electrons. The van der Waals surface area contributed by atoms with Gasteiger partial charge in [-0.25, -0.2) is 9.78 Å². The number of rotatable bonds is 4. The first-order chi connectivity index (χ1) is 8.47. The Morgan fingerprint density at radius 1 is 1.72 bits per heavy atom. The lowest BCUT2D eigenvalue weighted by Crippen LogP contribution is -2.07. The maximum absolute atomic E-state index is 11.2. The van der Waals surface area contributed by atoms with Gasteiger partial charge in [-0.05, 0) is 13.0 Å². The average Bonchev–Trinajstić information content (AvgIpc) is 2.28. The molecule has 0 saturated heterocycles. The van der Waals surface area contributed by atoms with Gasteiger partial charge in [-0.3, -0.25) is 10.1 Å². The van der Waals surface area contributed by atoms with E-state index in [4.69, 9.17) is 11.6 Å². The Bertz CT molecular complexity index is 515. The van der Waals surface area contributed by atoms with Gasteiger partial charge in [0.25, 0.3) is 0 Å². The Morgan fingerprint density at radius 2 is 2.39 bits per heavy atom. The fraction of sp³-hybridized carbons (Fsp3) is 0.200. The summed E-state index contributed by atoms with van der Waals surface area (Å²) in [5.74, 6) is -1.72. The number of aromatic nitrogens is 1. The van der Waals surface area contributed by atoms with Gasteiger partial charge >= 0.3 is 11.7 Å². The predicted octanol–water partition coefficient (Wildman–Crippen LogP) is 2.11. The van der Waals surface area contributed by atoms with Crippen LogP contribution in [0.15, 0.2) is 18.0 Å². The molecule has 8 heteroatoms. The number of pyridine rings is 1. The Hall–Kier alpha value is -2.15. The van der Waals surface area contributed by atoms with Crippen molar-refractivity contribution in [3.63, 3.8) is 0 Å². The molecule has 1 heterocycles. The maximum atomic E-state index is 11.2. The number of nitro groups is 1. The van der Waals surface area contributed by atoms with E-state index in [0.29, 0.717) is 0 Å². The third kappa shape index (κ3) is 3.17. The van der Waals surface area contributed by atoms with E-state index >= 15 is 0 Å². The molecular weight excluding hydrogens is 264 g/mol. The molecule has 1 N–H and O–H groups in total. The van der Waals surface area contributed by atoms with Gasteiger partial charge < -0.3 is 9.84 Å². The van der Waals surface area contributed by atoms with Crippen LogP contribution < -0.4 is 0 Å². The van der Waals surface area contributed by atoms with E-state index in [2.05, 4.69) is 9.72 Å². The number of esters is 1. The molecule has 18 heavy (non-hydrogen) atoms. The van der Waals surface area contributed by atoms with Gasteiger partial charge in [0.1, 0.15) is 0 Å². The number of hydrogen-bond acceptors (Lipinski definition) is 6. The van der Waals surface area contributed by atoms with E-state index in [1.807, 2.05) is 0 Å². The third-order valence-corrected chi connectivity index (χ3v) is 2.15. The minimum Gasteiger partial charge on any atom is -0.502 e. The van der Waals surface area contributed by atoms with Crippen molar-refractivity contribution in [1.29, 1.82) is 0 Å². The summed E-state index contributed by atoms with van der Waals surface area (Å²) in [5.41, 5.74) is -0.527. The summed E-state index contributed by atoms with van der Waals surface area (Å²) in [4.78, 5) is 24.7. The van der Waals surface area contributed by atoms with Crippen LogP contribution >= 0.6 is 11.6 Å². The van der Waals surface area contributed by atoms with E-state index in [1.165, 1.54) is 12.3 Å². The quantitative estimate of drug-likeness (QED) is 0.225. The van der Waals surface area contributed by atoms with Gasteiger partial charge in [0.2, 0.25) is 10.9 Å². The smallest absolute Gasteiger partial charge is 0.373 e. The molecule has 0 saturated carbocycles. The Labute approximate surface area is 107 Å². The van der Waals surface area contributed by atoms with Crippen LogP contribution in [0.5, 0.6) is 0 Å². The minimum absolute atomic E-state index is 0.0365. The number of carbonyl (C=O) groups excluding carboxylic acids is 1. The van der Waals surface area contributed by atoms with Crippen molar-refractivity contribution in [1.82, 2.24) is 4.98 Å². The summed E-state index contributed by atoms with van der Waals surface area (Å²) in [7, 11) is 0. The van der Waals surface area contributed by atoms with Crippen LogP contribution in [0.1, 0.15) is 12.5 Å². The van der Waals surface area contributed by atoms with Crippen molar-refractivity contribution in [3.05, 3.63) is 38.9 Å². The maximum Gasteiger partial charge on any atom is 0.373 e. The highest BCUT2D eigenvalue weighted by Crippen LogP contribution is 2.27. The van der Waals surface area contributed by atoms with Gasteiger partial charge in [0.15, 0.2) is 0 Å². The zero-order valence-electron chi connectivity index (χ0n) is 9.29. The topological polar surface area (TPSA) is 103 Å². The molecule has 1 aromatic heterocycles. The highest BCUT2D eigenvalue weighted by atomic mass is 35.5. The molecule has 0 aliphatic carbocycles. The monoisotopic (exact) mass is 272 g/mol. The van der Waals surface area contributed by atoms with Crippen LogP contribution in [0.2, 0.25) is 5.15 Å². The van der Waals surface area contributed by atoms with E-state index in [1.54, 1.807) is 6.92 Å². The standard InChI is InChI=1S/C10H9ClN2O5/c1-2-18-10(15)7(14)5-6-3-4-12-9(11)8(6)13(16)17/h3-5,14H,2H2,1H3. The lowest BCUT2D eigenvalue weighted by Gasteiger charge is -2.01. The van der Waals surface area contributed by atoms with Crippen LogP contribution in [0.25, 0.3) is 6.08 Å². The molecule has 7 nitrogen and oxygen atoms in total. The molecule has 0 aromatic carbocycles. The fourth-order valence-electron chi connectivity index (χ4n) is 1.15. The van der Waals surface area contributed by atoms with Crippen molar-refractivity contribution in [2.24, 2.45) is 0 Å².